The van der Waals surface area contributed by atoms with Crippen molar-refractivity contribution in [3.63, 3.8) is 0 Å². The van der Waals surface area contributed by atoms with Crippen molar-refractivity contribution in [3.05, 3.63) is 111 Å². The van der Waals surface area contributed by atoms with E-state index in [0.29, 0.717) is 11.1 Å². The van der Waals surface area contributed by atoms with Crippen molar-refractivity contribution in [2.75, 3.05) is 0 Å². The second kappa shape index (κ2) is 6.41. The molecular formula is C24H16O2. The van der Waals surface area contributed by atoms with Gasteiger partial charge >= 0.3 is 0 Å². The number of hydrogen-bond acceptors (Lipinski definition) is 2. The van der Waals surface area contributed by atoms with Crippen LogP contribution in [0.4, 0.5) is 0 Å². The third-order valence-electron chi connectivity index (χ3n) is 4.64. The van der Waals surface area contributed by atoms with E-state index >= 15 is 0 Å². The lowest BCUT2D eigenvalue weighted by Crippen LogP contribution is -2.35. The van der Waals surface area contributed by atoms with Crippen molar-refractivity contribution in [2.24, 2.45) is 0 Å². The quantitative estimate of drug-likeness (QED) is 0.495. The molecule has 124 valence electrons. The molecule has 0 radical (unpaired) electrons. The number of hydrogen-bond donors (Lipinski definition) is 0. The summed E-state index contributed by atoms with van der Waals surface area (Å²) in [7, 11) is 0. The summed E-state index contributed by atoms with van der Waals surface area (Å²) in [5.74, 6) is 0. The molecule has 0 aliphatic heterocycles. The molecule has 4 rings (SSSR count). The zero-order valence-electron chi connectivity index (χ0n) is 14.1. The van der Waals surface area contributed by atoms with Crippen LogP contribution < -0.4 is 10.9 Å². The van der Waals surface area contributed by atoms with Gasteiger partial charge in [0.05, 0.1) is 0 Å². The van der Waals surface area contributed by atoms with Crippen LogP contribution in [0.15, 0.2) is 95.0 Å². The zero-order chi connectivity index (χ0) is 18.1. The van der Waals surface area contributed by atoms with Gasteiger partial charge in [-0.25, -0.2) is 0 Å². The standard InChI is InChI=1S/C24H16O2/c1-2-16-10-6-7-14-19(16)21-22(24(26)23(21)25)20-15-9-8-13-18(20)17-11-4-3-5-12-17/h2-15H,1H2. The first-order valence-electron chi connectivity index (χ1n) is 8.42. The van der Waals surface area contributed by atoms with Gasteiger partial charge in [0, 0.05) is 11.1 Å². The first-order chi connectivity index (χ1) is 12.7. The Kier molecular flexibility index (Phi) is 3.94. The van der Waals surface area contributed by atoms with Crippen LogP contribution in [0.25, 0.3) is 39.5 Å². The lowest BCUT2D eigenvalue weighted by molar-refractivity contribution is 1.39. The van der Waals surface area contributed by atoms with Gasteiger partial charge in [-0.15, -0.1) is 0 Å². The molecule has 0 aliphatic carbocycles. The van der Waals surface area contributed by atoms with E-state index in [1.807, 2.05) is 78.9 Å². The van der Waals surface area contributed by atoms with Gasteiger partial charge in [0.1, 0.15) is 0 Å². The maximum absolute atomic E-state index is 12.5. The molecule has 0 spiro atoms. The van der Waals surface area contributed by atoms with Crippen LogP contribution in [-0.4, -0.2) is 0 Å². The summed E-state index contributed by atoms with van der Waals surface area (Å²) in [5.41, 5.74) is 4.45. The van der Waals surface area contributed by atoms with Gasteiger partial charge in [-0.1, -0.05) is 91.5 Å². The Labute approximate surface area is 151 Å². The van der Waals surface area contributed by atoms with Crippen LogP contribution in [0.2, 0.25) is 0 Å². The van der Waals surface area contributed by atoms with Crippen molar-refractivity contribution in [2.45, 2.75) is 0 Å². The molecule has 2 nitrogen and oxygen atoms in total. The average Bonchev–Trinajstić information content (AvgIpc) is 2.72. The normalized spacial score (nSPS) is 10.8. The van der Waals surface area contributed by atoms with Crippen molar-refractivity contribution in [3.8, 4) is 33.4 Å². The van der Waals surface area contributed by atoms with E-state index in [-0.39, 0.29) is 0 Å². The molecule has 2 heteroatoms. The molecule has 0 fully saturated rings. The Morgan fingerprint density at radius 1 is 0.577 bits per heavy atom. The van der Waals surface area contributed by atoms with E-state index in [4.69, 9.17) is 0 Å². The highest BCUT2D eigenvalue weighted by Gasteiger charge is 2.26. The summed E-state index contributed by atoms with van der Waals surface area (Å²) in [5, 5.41) is 0. The summed E-state index contributed by atoms with van der Waals surface area (Å²) in [6.45, 7) is 3.82. The maximum atomic E-state index is 12.5. The van der Waals surface area contributed by atoms with E-state index in [1.54, 1.807) is 6.08 Å². The summed E-state index contributed by atoms with van der Waals surface area (Å²) < 4.78 is 0. The molecule has 0 aromatic heterocycles. The fourth-order valence-electron chi connectivity index (χ4n) is 3.38. The Morgan fingerprint density at radius 2 is 1.08 bits per heavy atom. The number of rotatable bonds is 4. The highest BCUT2D eigenvalue weighted by Crippen LogP contribution is 2.36. The molecule has 0 atom stereocenters. The molecule has 0 N–H and O–H groups in total. The fourth-order valence-corrected chi connectivity index (χ4v) is 3.38. The van der Waals surface area contributed by atoms with Gasteiger partial charge in [0.15, 0.2) is 0 Å². The SMILES string of the molecule is C=Cc1ccccc1-c1c(-c2ccccc2-c2ccccc2)c(=O)c1=O. The Bertz CT molecular complexity index is 1180. The Balaban J connectivity index is 1.99. The number of benzene rings is 3. The van der Waals surface area contributed by atoms with Crippen molar-refractivity contribution < 1.29 is 0 Å². The maximum Gasteiger partial charge on any atom is 0.234 e. The second-order valence-electron chi connectivity index (χ2n) is 6.11. The van der Waals surface area contributed by atoms with Crippen LogP contribution in [0.5, 0.6) is 0 Å². The first-order valence-corrected chi connectivity index (χ1v) is 8.42. The average molecular weight is 336 g/mol. The summed E-state index contributed by atoms with van der Waals surface area (Å²) in [6.07, 6.45) is 1.71. The predicted molar refractivity (Wildman–Crippen MR) is 108 cm³/mol. The minimum absolute atomic E-state index is 0.428. The molecule has 0 saturated heterocycles. The highest BCUT2D eigenvalue weighted by atomic mass is 16.2. The van der Waals surface area contributed by atoms with E-state index in [9.17, 15) is 9.59 Å². The summed E-state index contributed by atoms with van der Waals surface area (Å²) >= 11 is 0. The van der Waals surface area contributed by atoms with Gasteiger partial charge in [0.2, 0.25) is 10.9 Å². The van der Waals surface area contributed by atoms with E-state index in [2.05, 4.69) is 6.58 Å². The van der Waals surface area contributed by atoms with E-state index in [1.165, 1.54) is 0 Å². The van der Waals surface area contributed by atoms with Crippen LogP contribution in [0.1, 0.15) is 5.56 Å². The predicted octanol–water partition coefficient (Wildman–Crippen LogP) is 4.93. The minimum Gasteiger partial charge on any atom is -0.285 e. The van der Waals surface area contributed by atoms with Crippen molar-refractivity contribution in [1.29, 1.82) is 0 Å². The summed E-state index contributed by atoms with van der Waals surface area (Å²) in [4.78, 5) is 24.9. The first kappa shape index (κ1) is 16.0. The molecule has 0 heterocycles. The van der Waals surface area contributed by atoms with E-state index in [0.717, 1.165) is 27.8 Å². The molecule has 0 amide bonds. The molecule has 4 aromatic rings. The van der Waals surface area contributed by atoms with Crippen molar-refractivity contribution in [1.82, 2.24) is 0 Å². The van der Waals surface area contributed by atoms with Gasteiger partial charge in [-0.3, -0.25) is 9.59 Å². The lowest BCUT2D eigenvalue weighted by Gasteiger charge is -2.16. The van der Waals surface area contributed by atoms with Gasteiger partial charge in [-0.2, -0.15) is 0 Å². The molecule has 4 aromatic carbocycles. The third kappa shape index (κ3) is 2.44. The minimum atomic E-state index is -0.433. The van der Waals surface area contributed by atoms with Crippen LogP contribution >= 0.6 is 0 Å². The second-order valence-corrected chi connectivity index (χ2v) is 6.11. The van der Waals surface area contributed by atoms with E-state index < -0.39 is 10.9 Å². The zero-order valence-corrected chi connectivity index (χ0v) is 14.1. The highest BCUT2D eigenvalue weighted by molar-refractivity contribution is 5.95. The molecule has 0 aliphatic rings. The Morgan fingerprint density at radius 3 is 1.73 bits per heavy atom. The monoisotopic (exact) mass is 336 g/mol. The van der Waals surface area contributed by atoms with Gasteiger partial charge in [0.25, 0.3) is 0 Å². The molecule has 0 bridgehead atoms. The largest absolute Gasteiger partial charge is 0.285 e. The molecule has 0 saturated carbocycles. The molecular weight excluding hydrogens is 320 g/mol. The smallest absolute Gasteiger partial charge is 0.234 e. The van der Waals surface area contributed by atoms with Gasteiger partial charge in [-0.05, 0) is 27.8 Å². The topological polar surface area (TPSA) is 34.1 Å². The molecule has 26 heavy (non-hydrogen) atoms. The van der Waals surface area contributed by atoms with Gasteiger partial charge < -0.3 is 0 Å². The molecule has 0 unspecified atom stereocenters. The van der Waals surface area contributed by atoms with Crippen LogP contribution in [-0.2, 0) is 0 Å². The Hall–Kier alpha value is -3.52. The van der Waals surface area contributed by atoms with Crippen LogP contribution in [0, 0.1) is 0 Å². The third-order valence-corrected chi connectivity index (χ3v) is 4.64. The van der Waals surface area contributed by atoms with Crippen LogP contribution in [0.3, 0.4) is 0 Å². The summed E-state index contributed by atoms with van der Waals surface area (Å²) in [6, 6.07) is 25.1. The fraction of sp³-hybridized carbons (Fsp3) is 0. The van der Waals surface area contributed by atoms with Crippen molar-refractivity contribution >= 4 is 6.08 Å². The lowest BCUT2D eigenvalue weighted by atomic mass is 9.84.